The maximum absolute atomic E-state index is 6.13. The van der Waals surface area contributed by atoms with Crippen LogP contribution < -0.4 is 0 Å². The normalized spacial score (nSPS) is 15.1. The largest absolute Gasteiger partial charge is 0.360 e. The highest BCUT2D eigenvalue weighted by atomic mass is 35.5. The molecule has 2 aromatic heterocycles. The molecule has 0 radical (unpaired) electrons. The van der Waals surface area contributed by atoms with E-state index in [1.165, 1.54) is 12.4 Å². The second-order valence-electron chi connectivity index (χ2n) is 4.26. The maximum atomic E-state index is 6.13. The molecule has 0 aliphatic heterocycles. The molecule has 0 atom stereocenters. The van der Waals surface area contributed by atoms with E-state index in [0.717, 1.165) is 24.2 Å². The van der Waals surface area contributed by atoms with Crippen LogP contribution in [0.4, 0.5) is 0 Å². The lowest BCUT2D eigenvalue weighted by atomic mass is 10.1. The van der Waals surface area contributed by atoms with Crippen molar-refractivity contribution in [3.8, 4) is 11.3 Å². The van der Waals surface area contributed by atoms with Crippen LogP contribution in [0.3, 0.4) is 0 Å². The number of halogens is 3. The Morgan fingerprint density at radius 3 is 2.44 bits per heavy atom. The lowest BCUT2D eigenvalue weighted by Crippen LogP contribution is -1.90. The summed E-state index contributed by atoms with van der Waals surface area (Å²) in [6.07, 6.45) is 5.31. The standard InChI is InChI=1S/C12H9Cl3N2O/c13-3-7-11(17-18-12(7)6-1-2-6)10-8(14)4-16-5-9(10)15/h4-6H,1-3H2. The predicted octanol–water partition coefficient (Wildman–Crippen LogP) is 4.66. The van der Waals surface area contributed by atoms with E-state index in [4.69, 9.17) is 39.3 Å². The molecule has 0 bridgehead atoms. The third-order valence-corrected chi connectivity index (χ3v) is 3.83. The van der Waals surface area contributed by atoms with Crippen LogP contribution in [0.5, 0.6) is 0 Å². The van der Waals surface area contributed by atoms with Gasteiger partial charge in [0.1, 0.15) is 11.5 Å². The van der Waals surface area contributed by atoms with Gasteiger partial charge in [0.2, 0.25) is 0 Å². The van der Waals surface area contributed by atoms with Crippen molar-refractivity contribution in [3.63, 3.8) is 0 Å². The van der Waals surface area contributed by atoms with Crippen LogP contribution in [-0.4, -0.2) is 10.1 Å². The molecule has 2 aromatic rings. The first-order chi connectivity index (χ1) is 8.72. The fourth-order valence-electron chi connectivity index (χ4n) is 1.95. The van der Waals surface area contributed by atoms with Gasteiger partial charge in [-0.1, -0.05) is 28.4 Å². The zero-order valence-corrected chi connectivity index (χ0v) is 11.6. The molecular weight excluding hydrogens is 295 g/mol. The Kier molecular flexibility index (Phi) is 3.22. The molecule has 0 aromatic carbocycles. The molecule has 1 saturated carbocycles. The molecular formula is C12H9Cl3N2O. The summed E-state index contributed by atoms with van der Waals surface area (Å²) in [7, 11) is 0. The molecule has 1 fully saturated rings. The smallest absolute Gasteiger partial charge is 0.144 e. The highest BCUT2D eigenvalue weighted by Gasteiger charge is 2.33. The van der Waals surface area contributed by atoms with E-state index in [2.05, 4.69) is 10.1 Å². The molecule has 6 heteroatoms. The topological polar surface area (TPSA) is 38.9 Å². The summed E-state index contributed by atoms with van der Waals surface area (Å²) in [5.74, 6) is 1.64. The van der Waals surface area contributed by atoms with Gasteiger partial charge in [-0.15, -0.1) is 11.6 Å². The van der Waals surface area contributed by atoms with Crippen LogP contribution >= 0.6 is 34.8 Å². The Labute approximate surface area is 119 Å². The SMILES string of the molecule is ClCc1c(-c2c(Cl)cncc2Cl)noc1C1CC1. The average Bonchev–Trinajstić information content (AvgIpc) is 3.10. The molecule has 1 aliphatic rings. The van der Waals surface area contributed by atoms with Gasteiger partial charge in [-0.05, 0) is 12.8 Å². The molecule has 94 valence electrons. The molecule has 2 heterocycles. The Morgan fingerprint density at radius 2 is 1.89 bits per heavy atom. The summed E-state index contributed by atoms with van der Waals surface area (Å²) in [5.41, 5.74) is 2.15. The molecule has 3 rings (SSSR count). The van der Waals surface area contributed by atoms with Gasteiger partial charge in [0.15, 0.2) is 0 Å². The van der Waals surface area contributed by atoms with Gasteiger partial charge in [-0.2, -0.15) is 0 Å². The van der Waals surface area contributed by atoms with Crippen molar-refractivity contribution in [2.75, 3.05) is 0 Å². The lowest BCUT2D eigenvalue weighted by Gasteiger charge is -2.04. The van der Waals surface area contributed by atoms with Gasteiger partial charge in [-0.3, -0.25) is 4.98 Å². The number of hydrogen-bond donors (Lipinski definition) is 0. The van der Waals surface area contributed by atoms with Crippen LogP contribution in [0.25, 0.3) is 11.3 Å². The summed E-state index contributed by atoms with van der Waals surface area (Å²) in [5, 5.41) is 4.98. The van der Waals surface area contributed by atoms with Crippen molar-refractivity contribution in [2.45, 2.75) is 24.6 Å². The van der Waals surface area contributed by atoms with Gasteiger partial charge in [-0.25, -0.2) is 0 Å². The molecule has 0 saturated heterocycles. The minimum absolute atomic E-state index is 0.333. The van der Waals surface area contributed by atoms with E-state index in [-0.39, 0.29) is 0 Å². The number of rotatable bonds is 3. The highest BCUT2D eigenvalue weighted by molar-refractivity contribution is 6.39. The minimum Gasteiger partial charge on any atom is -0.360 e. The molecule has 0 amide bonds. The summed E-state index contributed by atoms with van der Waals surface area (Å²) >= 11 is 18.3. The third-order valence-electron chi connectivity index (χ3n) is 2.99. The summed E-state index contributed by atoms with van der Waals surface area (Å²) in [6.45, 7) is 0. The summed E-state index contributed by atoms with van der Waals surface area (Å²) in [6, 6.07) is 0. The Hall–Kier alpha value is -0.770. The first-order valence-electron chi connectivity index (χ1n) is 5.56. The Bertz CT molecular complexity index is 573. The zero-order chi connectivity index (χ0) is 12.7. The number of alkyl halides is 1. The van der Waals surface area contributed by atoms with E-state index in [1.807, 2.05) is 0 Å². The molecule has 0 spiro atoms. The van der Waals surface area contributed by atoms with Gasteiger partial charge in [0, 0.05) is 29.4 Å². The fraction of sp³-hybridized carbons (Fsp3) is 0.333. The van der Waals surface area contributed by atoms with Crippen LogP contribution in [0.1, 0.15) is 30.1 Å². The predicted molar refractivity (Wildman–Crippen MR) is 71.3 cm³/mol. The van der Waals surface area contributed by atoms with Crippen molar-refractivity contribution in [1.82, 2.24) is 10.1 Å². The Balaban J connectivity index is 2.16. The first-order valence-corrected chi connectivity index (χ1v) is 6.85. The van der Waals surface area contributed by atoms with Gasteiger partial charge < -0.3 is 4.52 Å². The van der Waals surface area contributed by atoms with Crippen molar-refractivity contribution < 1.29 is 4.52 Å². The van der Waals surface area contributed by atoms with Gasteiger partial charge >= 0.3 is 0 Å². The number of nitrogens with zero attached hydrogens (tertiary/aromatic N) is 2. The van der Waals surface area contributed by atoms with Crippen molar-refractivity contribution >= 4 is 34.8 Å². The first kappa shape index (κ1) is 12.3. The average molecular weight is 304 g/mol. The van der Waals surface area contributed by atoms with Gasteiger partial charge in [0.05, 0.1) is 15.9 Å². The van der Waals surface area contributed by atoms with Crippen LogP contribution in [0, 0.1) is 0 Å². The Morgan fingerprint density at radius 1 is 1.22 bits per heavy atom. The van der Waals surface area contributed by atoms with Crippen molar-refractivity contribution in [1.29, 1.82) is 0 Å². The van der Waals surface area contributed by atoms with E-state index in [1.54, 1.807) is 0 Å². The van der Waals surface area contributed by atoms with E-state index in [0.29, 0.717) is 33.1 Å². The zero-order valence-electron chi connectivity index (χ0n) is 9.29. The second-order valence-corrected chi connectivity index (χ2v) is 5.34. The third kappa shape index (κ3) is 2.00. The molecule has 1 aliphatic carbocycles. The quantitative estimate of drug-likeness (QED) is 0.774. The van der Waals surface area contributed by atoms with Crippen molar-refractivity contribution in [2.24, 2.45) is 0 Å². The highest BCUT2D eigenvalue weighted by Crippen LogP contribution is 2.46. The monoisotopic (exact) mass is 302 g/mol. The van der Waals surface area contributed by atoms with Crippen LogP contribution in [-0.2, 0) is 5.88 Å². The van der Waals surface area contributed by atoms with Crippen LogP contribution in [0.2, 0.25) is 10.0 Å². The summed E-state index contributed by atoms with van der Waals surface area (Å²) < 4.78 is 5.40. The number of aromatic nitrogens is 2. The summed E-state index contributed by atoms with van der Waals surface area (Å²) in [4.78, 5) is 3.92. The minimum atomic E-state index is 0.333. The lowest BCUT2D eigenvalue weighted by molar-refractivity contribution is 0.385. The van der Waals surface area contributed by atoms with Crippen molar-refractivity contribution in [3.05, 3.63) is 33.8 Å². The molecule has 3 nitrogen and oxygen atoms in total. The van der Waals surface area contributed by atoms with E-state index >= 15 is 0 Å². The van der Waals surface area contributed by atoms with E-state index in [9.17, 15) is 0 Å². The van der Waals surface area contributed by atoms with Crippen LogP contribution in [0.15, 0.2) is 16.9 Å². The van der Waals surface area contributed by atoms with Gasteiger partial charge in [0.25, 0.3) is 0 Å². The fourth-order valence-corrected chi connectivity index (χ4v) is 2.75. The number of pyridine rings is 1. The second kappa shape index (κ2) is 4.72. The number of hydrogen-bond acceptors (Lipinski definition) is 3. The maximum Gasteiger partial charge on any atom is 0.144 e. The molecule has 0 N–H and O–H groups in total. The molecule has 18 heavy (non-hydrogen) atoms. The molecule has 0 unspecified atom stereocenters. The van der Waals surface area contributed by atoms with E-state index < -0.39 is 0 Å².